The van der Waals surface area contributed by atoms with Crippen molar-refractivity contribution in [2.45, 2.75) is 11.8 Å². The number of nitrogens with two attached hydrogens (primary N) is 1. The molecule has 0 bridgehead atoms. The van der Waals surface area contributed by atoms with E-state index < -0.39 is 36.5 Å². The fourth-order valence-corrected chi connectivity index (χ4v) is 2.70. The van der Waals surface area contributed by atoms with Gasteiger partial charge in [0, 0.05) is 18.4 Å². The van der Waals surface area contributed by atoms with Crippen LogP contribution in [-0.4, -0.2) is 41.3 Å². The predicted molar refractivity (Wildman–Crippen MR) is 74.6 cm³/mol. The van der Waals surface area contributed by atoms with Gasteiger partial charge < -0.3 is 5.32 Å². The number of amides is 1. The first-order valence-electron chi connectivity index (χ1n) is 5.70. The summed E-state index contributed by atoms with van der Waals surface area (Å²) < 4.78 is 58.1. The molecule has 1 rings (SSSR count). The number of carbonyl (C=O) groups is 1. The van der Waals surface area contributed by atoms with Gasteiger partial charge in [0.25, 0.3) is 5.91 Å². The second kappa shape index (κ2) is 6.08. The molecule has 0 fully saturated rings. The monoisotopic (exact) mass is 338 g/mol. The molecule has 0 unspecified atom stereocenters. The molecule has 0 saturated carbocycles. The maximum Gasteiger partial charge on any atom is 0.251 e. The van der Waals surface area contributed by atoms with Gasteiger partial charge in [0.15, 0.2) is 0 Å². The summed E-state index contributed by atoms with van der Waals surface area (Å²) in [4.78, 5) is 11.0. The third-order valence-electron chi connectivity index (χ3n) is 2.55. The number of sulfone groups is 1. The molecule has 1 amide bonds. The molecular weight excluding hydrogens is 323 g/mol. The molecule has 0 radical (unpaired) electrons. The van der Waals surface area contributed by atoms with Crippen molar-refractivity contribution < 1.29 is 26.0 Å². The lowest BCUT2D eigenvalue weighted by atomic mass is 10.1. The zero-order chi connectivity index (χ0) is 16.4. The van der Waals surface area contributed by atoms with Gasteiger partial charge in [-0.1, -0.05) is 0 Å². The maximum atomic E-state index is 13.7. The second-order valence-corrected chi connectivity index (χ2v) is 8.33. The summed E-state index contributed by atoms with van der Waals surface area (Å²) in [6.07, 6.45) is 1.01. The Morgan fingerprint density at radius 2 is 1.86 bits per heavy atom. The van der Waals surface area contributed by atoms with E-state index in [2.05, 4.69) is 5.32 Å². The van der Waals surface area contributed by atoms with Crippen molar-refractivity contribution in [2.75, 3.05) is 18.6 Å². The molecule has 0 spiro atoms. The molecule has 1 aromatic carbocycles. The lowest BCUT2D eigenvalue weighted by Crippen LogP contribution is -2.29. The summed E-state index contributed by atoms with van der Waals surface area (Å²) in [7, 11) is -7.55. The second-order valence-electron chi connectivity index (χ2n) is 4.54. The summed E-state index contributed by atoms with van der Waals surface area (Å²) in [6, 6.07) is 1.97. The van der Waals surface area contributed by atoms with Crippen molar-refractivity contribution in [1.82, 2.24) is 5.32 Å². The van der Waals surface area contributed by atoms with E-state index >= 15 is 0 Å². The van der Waals surface area contributed by atoms with Crippen LogP contribution in [0.4, 0.5) is 4.39 Å². The number of sulfonamides is 1. The highest BCUT2D eigenvalue weighted by atomic mass is 32.2. The Morgan fingerprint density at radius 1 is 1.29 bits per heavy atom. The van der Waals surface area contributed by atoms with E-state index in [-0.39, 0.29) is 23.4 Å². The Bertz CT molecular complexity index is 772. The molecule has 0 saturated heterocycles. The summed E-state index contributed by atoms with van der Waals surface area (Å²) in [5.74, 6) is -2.00. The molecule has 10 heteroatoms. The molecule has 0 aromatic heterocycles. The highest BCUT2D eigenvalue weighted by molar-refractivity contribution is 7.90. The Labute approximate surface area is 122 Å². The average Bonchev–Trinajstić information content (AvgIpc) is 2.29. The molecule has 0 aliphatic rings. The van der Waals surface area contributed by atoms with Gasteiger partial charge in [-0.25, -0.2) is 26.4 Å². The average molecular weight is 338 g/mol. The summed E-state index contributed by atoms with van der Waals surface area (Å²) in [5, 5.41) is 7.18. The minimum Gasteiger partial charge on any atom is -0.351 e. The topological polar surface area (TPSA) is 123 Å². The Hall–Kier alpha value is -1.52. The molecule has 0 heterocycles. The third kappa shape index (κ3) is 5.06. The third-order valence-corrected chi connectivity index (χ3v) is 4.40. The summed E-state index contributed by atoms with van der Waals surface area (Å²) in [5.41, 5.74) is -0.179. The van der Waals surface area contributed by atoms with Crippen LogP contribution in [0, 0.1) is 12.7 Å². The van der Waals surface area contributed by atoms with Crippen LogP contribution in [0.15, 0.2) is 17.0 Å². The van der Waals surface area contributed by atoms with Crippen LogP contribution in [0.3, 0.4) is 0 Å². The van der Waals surface area contributed by atoms with Crippen molar-refractivity contribution in [1.29, 1.82) is 0 Å². The van der Waals surface area contributed by atoms with Crippen molar-refractivity contribution >= 4 is 25.8 Å². The van der Waals surface area contributed by atoms with Gasteiger partial charge in [-0.3, -0.25) is 4.79 Å². The number of carbonyl (C=O) groups excluding carboxylic acids is 1. The first-order chi connectivity index (χ1) is 9.42. The molecule has 0 aliphatic carbocycles. The van der Waals surface area contributed by atoms with E-state index in [1.54, 1.807) is 0 Å². The molecule has 7 nitrogen and oxygen atoms in total. The van der Waals surface area contributed by atoms with Gasteiger partial charge in [-0.05, 0) is 24.6 Å². The number of rotatable bonds is 5. The quantitative estimate of drug-likeness (QED) is 0.753. The number of nitrogens with one attached hydrogen (secondary N) is 1. The SMILES string of the molecule is Cc1cc(C(=O)NCCS(C)(=O)=O)cc(S(N)(=O)=O)c1F. The van der Waals surface area contributed by atoms with E-state index in [0.29, 0.717) is 0 Å². The summed E-state index contributed by atoms with van der Waals surface area (Å²) in [6.45, 7) is 1.15. The fourth-order valence-electron chi connectivity index (χ4n) is 1.53. The highest BCUT2D eigenvalue weighted by Gasteiger charge is 2.20. The molecule has 21 heavy (non-hydrogen) atoms. The predicted octanol–water partition coefficient (Wildman–Crippen LogP) is -0.444. The lowest BCUT2D eigenvalue weighted by molar-refractivity contribution is 0.0955. The van der Waals surface area contributed by atoms with E-state index in [1.807, 2.05) is 0 Å². The molecule has 3 N–H and O–H groups in total. The molecular formula is C11H15FN2O5S2. The van der Waals surface area contributed by atoms with Crippen LogP contribution < -0.4 is 10.5 Å². The van der Waals surface area contributed by atoms with Crippen LogP contribution in [-0.2, 0) is 19.9 Å². The zero-order valence-electron chi connectivity index (χ0n) is 11.4. The van der Waals surface area contributed by atoms with Gasteiger partial charge in [0.1, 0.15) is 20.5 Å². The molecule has 0 aliphatic heterocycles. The number of benzene rings is 1. The van der Waals surface area contributed by atoms with E-state index in [0.717, 1.165) is 18.4 Å². The van der Waals surface area contributed by atoms with Crippen molar-refractivity contribution in [3.63, 3.8) is 0 Å². The zero-order valence-corrected chi connectivity index (χ0v) is 13.0. The fraction of sp³-hybridized carbons (Fsp3) is 0.364. The van der Waals surface area contributed by atoms with Crippen molar-refractivity contribution in [3.05, 3.63) is 29.1 Å². The molecule has 0 atom stereocenters. The minimum absolute atomic E-state index is 0.0604. The van der Waals surface area contributed by atoms with Gasteiger partial charge in [0.2, 0.25) is 10.0 Å². The van der Waals surface area contributed by atoms with Crippen LogP contribution >= 0.6 is 0 Å². The number of primary sulfonamides is 1. The number of hydrogen-bond donors (Lipinski definition) is 2. The van der Waals surface area contributed by atoms with Crippen LogP contribution in [0.1, 0.15) is 15.9 Å². The Morgan fingerprint density at radius 3 is 2.33 bits per heavy atom. The minimum atomic E-state index is -4.31. The van der Waals surface area contributed by atoms with E-state index in [1.165, 1.54) is 6.92 Å². The van der Waals surface area contributed by atoms with E-state index in [4.69, 9.17) is 5.14 Å². The van der Waals surface area contributed by atoms with Crippen molar-refractivity contribution in [2.24, 2.45) is 5.14 Å². The molecule has 118 valence electrons. The lowest BCUT2D eigenvalue weighted by Gasteiger charge is -2.09. The van der Waals surface area contributed by atoms with E-state index in [9.17, 15) is 26.0 Å². The number of aryl methyl sites for hydroxylation is 1. The van der Waals surface area contributed by atoms with Gasteiger partial charge in [-0.15, -0.1) is 0 Å². The maximum absolute atomic E-state index is 13.7. The first kappa shape index (κ1) is 17.5. The first-order valence-corrected chi connectivity index (χ1v) is 9.31. The summed E-state index contributed by atoms with van der Waals surface area (Å²) >= 11 is 0. The van der Waals surface area contributed by atoms with Gasteiger partial charge in [-0.2, -0.15) is 0 Å². The van der Waals surface area contributed by atoms with Crippen LogP contribution in [0.2, 0.25) is 0 Å². The number of hydrogen-bond acceptors (Lipinski definition) is 5. The normalized spacial score (nSPS) is 12.2. The van der Waals surface area contributed by atoms with Gasteiger partial charge >= 0.3 is 0 Å². The van der Waals surface area contributed by atoms with Crippen LogP contribution in [0.5, 0.6) is 0 Å². The Kier molecular flexibility index (Phi) is 5.07. The molecule has 1 aromatic rings. The smallest absolute Gasteiger partial charge is 0.251 e. The standard InChI is InChI=1S/C11H15FN2O5S2/c1-7-5-8(6-9(10(7)12)21(13,18)19)11(15)14-3-4-20(2,16)17/h5-6H,3-4H2,1-2H3,(H,14,15)(H2,13,18,19). The van der Waals surface area contributed by atoms with Gasteiger partial charge in [0.05, 0.1) is 5.75 Å². The largest absolute Gasteiger partial charge is 0.351 e. The Balaban J connectivity index is 3.04. The highest BCUT2D eigenvalue weighted by Crippen LogP contribution is 2.19. The van der Waals surface area contributed by atoms with Crippen molar-refractivity contribution in [3.8, 4) is 0 Å². The number of halogens is 1. The van der Waals surface area contributed by atoms with Crippen LogP contribution in [0.25, 0.3) is 0 Å².